The van der Waals surface area contributed by atoms with E-state index in [4.69, 9.17) is 4.74 Å². The van der Waals surface area contributed by atoms with Crippen LogP contribution >= 0.6 is 0 Å². The van der Waals surface area contributed by atoms with Gasteiger partial charge in [-0.25, -0.2) is 0 Å². The van der Waals surface area contributed by atoms with E-state index in [0.717, 1.165) is 25.9 Å². The Balaban J connectivity index is 3.14. The van der Waals surface area contributed by atoms with Crippen molar-refractivity contribution < 1.29 is 9.84 Å². The fraction of sp³-hybridized carbons (Fsp3) is 1.00. The number of ether oxygens (including phenoxy) is 1. The fourth-order valence-corrected chi connectivity index (χ4v) is 7.76. The smallest absolute Gasteiger partial charge is 0.154 e. The molecule has 2 heteroatoms. The van der Waals surface area contributed by atoms with Crippen molar-refractivity contribution in [2.24, 2.45) is 0 Å². The maximum atomic E-state index is 10.2. The molecule has 0 aromatic heterocycles. The van der Waals surface area contributed by atoms with Gasteiger partial charge in [0.05, 0.1) is 0 Å². The third-order valence-corrected chi connectivity index (χ3v) is 11.4. The van der Waals surface area contributed by atoms with Crippen molar-refractivity contribution in [2.75, 3.05) is 6.61 Å². The molecule has 302 valence electrons. The van der Waals surface area contributed by atoms with Gasteiger partial charge in [-0.15, -0.1) is 0 Å². The van der Waals surface area contributed by atoms with Gasteiger partial charge in [0.1, 0.15) is 0 Å². The number of aliphatic hydroxyl groups is 1. The van der Waals surface area contributed by atoms with E-state index in [9.17, 15) is 5.11 Å². The van der Waals surface area contributed by atoms with Gasteiger partial charge in [-0.2, -0.15) is 0 Å². The Hall–Kier alpha value is -0.0800. The molecule has 0 spiro atoms. The molecule has 2 nitrogen and oxygen atoms in total. The van der Waals surface area contributed by atoms with Gasteiger partial charge >= 0.3 is 0 Å². The Morgan fingerprint density at radius 2 is 0.440 bits per heavy atom. The van der Waals surface area contributed by atoms with E-state index in [1.54, 1.807) is 0 Å². The molecule has 1 unspecified atom stereocenters. The molecule has 50 heavy (non-hydrogen) atoms. The van der Waals surface area contributed by atoms with Crippen LogP contribution in [-0.2, 0) is 4.74 Å². The van der Waals surface area contributed by atoms with Crippen LogP contribution in [0.25, 0.3) is 0 Å². The maximum absolute atomic E-state index is 10.2. The van der Waals surface area contributed by atoms with Crippen molar-refractivity contribution in [1.82, 2.24) is 0 Å². The molecule has 0 saturated carbocycles. The van der Waals surface area contributed by atoms with Crippen LogP contribution < -0.4 is 0 Å². The summed E-state index contributed by atoms with van der Waals surface area (Å²) in [4.78, 5) is 0. The topological polar surface area (TPSA) is 29.5 Å². The van der Waals surface area contributed by atoms with Crippen LogP contribution in [0.2, 0.25) is 0 Å². The number of unbranched alkanes of at least 4 members (excludes halogenated alkanes) is 41. The predicted octanol–water partition coefficient (Wildman–Crippen LogP) is 17.5. The zero-order valence-corrected chi connectivity index (χ0v) is 35.3. The SMILES string of the molecule is CCCCCCCCCCCCCCCCCCCCCCCCOC(O)CCCCCCCCCCCCCCCCCCCCCCC. The quantitative estimate of drug-likeness (QED) is 0.0504. The summed E-state index contributed by atoms with van der Waals surface area (Å²) in [7, 11) is 0. The van der Waals surface area contributed by atoms with Crippen LogP contribution in [0.1, 0.15) is 296 Å². The molecule has 1 atom stereocenters. The van der Waals surface area contributed by atoms with Crippen molar-refractivity contribution in [1.29, 1.82) is 0 Å². The molecule has 0 saturated heterocycles. The van der Waals surface area contributed by atoms with Gasteiger partial charge in [-0.1, -0.05) is 277 Å². The molecule has 0 aromatic carbocycles. The summed E-state index contributed by atoms with van der Waals surface area (Å²) in [6.07, 6.45) is 61.1. The molecule has 0 rings (SSSR count). The highest BCUT2D eigenvalue weighted by molar-refractivity contribution is 4.54. The minimum Gasteiger partial charge on any atom is -0.368 e. The van der Waals surface area contributed by atoms with Crippen LogP contribution in [0.3, 0.4) is 0 Å². The molecule has 0 heterocycles. The zero-order valence-electron chi connectivity index (χ0n) is 35.3. The molecular weight excluding hydrogens is 609 g/mol. The minimum atomic E-state index is -0.537. The summed E-state index contributed by atoms with van der Waals surface area (Å²) in [5.74, 6) is 0. The van der Waals surface area contributed by atoms with Gasteiger partial charge in [-0.3, -0.25) is 0 Å². The normalized spacial score (nSPS) is 12.3. The second kappa shape index (κ2) is 46.9. The molecule has 0 aliphatic heterocycles. The van der Waals surface area contributed by atoms with Crippen LogP contribution in [0.15, 0.2) is 0 Å². The molecular formula is C48H98O2. The highest BCUT2D eigenvalue weighted by Crippen LogP contribution is 2.17. The monoisotopic (exact) mass is 707 g/mol. The van der Waals surface area contributed by atoms with Crippen molar-refractivity contribution >= 4 is 0 Å². The van der Waals surface area contributed by atoms with Crippen molar-refractivity contribution in [3.63, 3.8) is 0 Å². The first-order valence-electron chi connectivity index (χ1n) is 24.1. The molecule has 0 aliphatic rings. The standard InChI is InChI=1S/C48H98O2/c1-3-5-7-9-11-13-15-17-19-21-23-25-27-29-31-33-35-37-39-41-43-45-47-50-48(49)46-44-42-40-38-36-34-32-30-28-26-24-22-20-18-16-14-12-10-8-6-4-2/h48-49H,3-47H2,1-2H3. The average Bonchev–Trinajstić information content (AvgIpc) is 3.12. The van der Waals surface area contributed by atoms with E-state index in [-0.39, 0.29) is 0 Å². The zero-order chi connectivity index (χ0) is 36.1. The lowest BCUT2D eigenvalue weighted by atomic mass is 10.0. The first kappa shape index (κ1) is 49.9. The lowest BCUT2D eigenvalue weighted by molar-refractivity contribution is -0.105. The van der Waals surface area contributed by atoms with Crippen LogP contribution in [0, 0.1) is 0 Å². The van der Waals surface area contributed by atoms with Gasteiger partial charge in [0.25, 0.3) is 0 Å². The second-order valence-corrected chi connectivity index (χ2v) is 16.6. The van der Waals surface area contributed by atoms with Crippen LogP contribution in [-0.4, -0.2) is 18.0 Å². The van der Waals surface area contributed by atoms with E-state index in [0.29, 0.717) is 0 Å². The van der Waals surface area contributed by atoms with E-state index in [1.807, 2.05) is 0 Å². The number of hydrogen-bond donors (Lipinski definition) is 1. The Bertz CT molecular complexity index is 562. The number of aliphatic hydroxyl groups excluding tert-OH is 1. The summed E-state index contributed by atoms with van der Waals surface area (Å²) < 4.78 is 5.69. The molecule has 1 N–H and O–H groups in total. The van der Waals surface area contributed by atoms with Crippen molar-refractivity contribution in [3.05, 3.63) is 0 Å². The van der Waals surface area contributed by atoms with Crippen LogP contribution in [0.5, 0.6) is 0 Å². The fourth-order valence-electron chi connectivity index (χ4n) is 7.76. The highest BCUT2D eigenvalue weighted by atomic mass is 16.6. The second-order valence-electron chi connectivity index (χ2n) is 16.6. The average molecular weight is 707 g/mol. The number of hydrogen-bond acceptors (Lipinski definition) is 2. The Labute approximate surface area is 318 Å². The highest BCUT2D eigenvalue weighted by Gasteiger charge is 2.04. The first-order chi connectivity index (χ1) is 24.8. The Kier molecular flexibility index (Phi) is 46.9. The van der Waals surface area contributed by atoms with Gasteiger partial charge < -0.3 is 9.84 Å². The van der Waals surface area contributed by atoms with E-state index in [1.165, 1.54) is 263 Å². The molecule has 0 fully saturated rings. The molecule has 0 aromatic rings. The predicted molar refractivity (Wildman–Crippen MR) is 226 cm³/mol. The van der Waals surface area contributed by atoms with Crippen LogP contribution in [0.4, 0.5) is 0 Å². The lowest BCUT2D eigenvalue weighted by Gasteiger charge is -2.12. The molecule has 0 bridgehead atoms. The van der Waals surface area contributed by atoms with Gasteiger partial charge in [-0.05, 0) is 19.3 Å². The van der Waals surface area contributed by atoms with E-state index >= 15 is 0 Å². The lowest BCUT2D eigenvalue weighted by Crippen LogP contribution is -2.12. The Morgan fingerprint density at radius 3 is 0.660 bits per heavy atom. The molecule has 0 radical (unpaired) electrons. The minimum absolute atomic E-state index is 0.537. The summed E-state index contributed by atoms with van der Waals surface area (Å²) >= 11 is 0. The third-order valence-electron chi connectivity index (χ3n) is 11.4. The van der Waals surface area contributed by atoms with Gasteiger partial charge in [0, 0.05) is 6.61 Å². The maximum Gasteiger partial charge on any atom is 0.154 e. The first-order valence-corrected chi connectivity index (χ1v) is 24.1. The third kappa shape index (κ3) is 45.9. The summed E-state index contributed by atoms with van der Waals surface area (Å²) in [6.45, 7) is 5.34. The van der Waals surface area contributed by atoms with E-state index in [2.05, 4.69) is 13.8 Å². The van der Waals surface area contributed by atoms with Crippen molar-refractivity contribution in [2.45, 2.75) is 303 Å². The molecule has 0 aliphatic carbocycles. The van der Waals surface area contributed by atoms with Gasteiger partial charge in [0.2, 0.25) is 0 Å². The summed E-state index contributed by atoms with van der Waals surface area (Å²) in [5, 5.41) is 10.2. The summed E-state index contributed by atoms with van der Waals surface area (Å²) in [5.41, 5.74) is 0. The number of rotatable bonds is 46. The molecule has 0 amide bonds. The largest absolute Gasteiger partial charge is 0.368 e. The van der Waals surface area contributed by atoms with Gasteiger partial charge in [0.15, 0.2) is 6.29 Å². The van der Waals surface area contributed by atoms with E-state index < -0.39 is 6.29 Å². The summed E-state index contributed by atoms with van der Waals surface area (Å²) in [6, 6.07) is 0. The Morgan fingerprint density at radius 1 is 0.260 bits per heavy atom. The van der Waals surface area contributed by atoms with Crippen molar-refractivity contribution in [3.8, 4) is 0 Å².